The molecule has 0 radical (unpaired) electrons. The second kappa shape index (κ2) is 7.66. The Bertz CT molecular complexity index is 488. The summed E-state index contributed by atoms with van der Waals surface area (Å²) in [4.78, 5) is 13.4. The minimum Gasteiger partial charge on any atom is -0.368 e. The molecule has 4 nitrogen and oxygen atoms in total. The lowest BCUT2D eigenvalue weighted by molar-refractivity contribution is -0.116. The van der Waals surface area contributed by atoms with Gasteiger partial charge in [0.05, 0.1) is 6.54 Å². The van der Waals surface area contributed by atoms with Gasteiger partial charge in [-0.15, -0.1) is 0 Å². The summed E-state index contributed by atoms with van der Waals surface area (Å²) in [6.07, 6.45) is 4.61. The summed E-state index contributed by atoms with van der Waals surface area (Å²) >= 11 is 6.12. The van der Waals surface area contributed by atoms with Gasteiger partial charge in [0.2, 0.25) is 5.91 Å². The van der Waals surface area contributed by atoms with Crippen LogP contribution in [0.1, 0.15) is 38.2 Å². The summed E-state index contributed by atoms with van der Waals surface area (Å²) in [6.45, 7) is 4.00. The van der Waals surface area contributed by atoms with Crippen LogP contribution < -0.4 is 16.0 Å². The molecule has 116 valence electrons. The van der Waals surface area contributed by atoms with E-state index in [0.29, 0.717) is 6.04 Å². The number of anilines is 1. The normalized spacial score (nSPS) is 14.2. The predicted molar refractivity (Wildman–Crippen MR) is 87.6 cm³/mol. The minimum atomic E-state index is -0.304. The highest BCUT2D eigenvalue weighted by Crippen LogP contribution is 2.26. The van der Waals surface area contributed by atoms with Crippen molar-refractivity contribution in [1.29, 1.82) is 0 Å². The van der Waals surface area contributed by atoms with E-state index in [1.54, 1.807) is 0 Å². The van der Waals surface area contributed by atoms with Crippen LogP contribution in [0.15, 0.2) is 18.2 Å². The maximum atomic E-state index is 11.3. The number of carbonyl (C=O) groups excluding carboxylic acids is 1. The monoisotopic (exact) mass is 309 g/mol. The molecule has 0 bridgehead atoms. The first-order valence-electron chi connectivity index (χ1n) is 7.65. The zero-order chi connectivity index (χ0) is 15.2. The zero-order valence-electron chi connectivity index (χ0n) is 12.6. The summed E-state index contributed by atoms with van der Waals surface area (Å²) in [7, 11) is 0. The fraction of sp³-hybridized carbons (Fsp3) is 0.562. The second-order valence-corrected chi connectivity index (χ2v) is 6.11. The molecule has 1 aromatic carbocycles. The number of hydrogen-bond donors (Lipinski definition) is 2. The van der Waals surface area contributed by atoms with Gasteiger partial charge in [0.1, 0.15) is 0 Å². The van der Waals surface area contributed by atoms with Gasteiger partial charge in [-0.05, 0) is 43.0 Å². The average Bonchev–Trinajstić information content (AvgIpc) is 3.25. The van der Waals surface area contributed by atoms with E-state index in [4.69, 9.17) is 17.3 Å². The number of rotatable bonds is 9. The number of amides is 1. The quantitative estimate of drug-likeness (QED) is 0.737. The lowest BCUT2D eigenvalue weighted by Crippen LogP contribution is -2.35. The predicted octanol–water partition coefficient (Wildman–Crippen LogP) is 2.68. The van der Waals surface area contributed by atoms with Gasteiger partial charge in [-0.3, -0.25) is 4.79 Å². The number of benzene rings is 1. The van der Waals surface area contributed by atoms with Crippen molar-refractivity contribution in [2.75, 3.05) is 18.0 Å². The SMILES string of the molecule is CCCCN(CC(N)=O)c1ccc(Cl)cc1CNC1CC1. The molecule has 3 N–H and O–H groups in total. The molecule has 1 fully saturated rings. The summed E-state index contributed by atoms with van der Waals surface area (Å²) in [5, 5.41) is 4.23. The highest BCUT2D eigenvalue weighted by atomic mass is 35.5. The van der Waals surface area contributed by atoms with E-state index >= 15 is 0 Å². The van der Waals surface area contributed by atoms with Gasteiger partial charge in [0.15, 0.2) is 0 Å². The third kappa shape index (κ3) is 5.21. The van der Waals surface area contributed by atoms with E-state index in [0.717, 1.165) is 42.2 Å². The van der Waals surface area contributed by atoms with Crippen molar-refractivity contribution in [2.24, 2.45) is 5.73 Å². The Morgan fingerprint density at radius 1 is 1.48 bits per heavy atom. The van der Waals surface area contributed by atoms with Crippen molar-refractivity contribution in [1.82, 2.24) is 5.32 Å². The summed E-state index contributed by atoms with van der Waals surface area (Å²) in [5.74, 6) is -0.304. The number of nitrogens with zero attached hydrogens (tertiary/aromatic N) is 1. The van der Waals surface area contributed by atoms with Crippen LogP contribution in [0.4, 0.5) is 5.69 Å². The van der Waals surface area contributed by atoms with Crippen molar-refractivity contribution in [3.05, 3.63) is 28.8 Å². The summed E-state index contributed by atoms with van der Waals surface area (Å²) in [6, 6.07) is 6.48. The summed E-state index contributed by atoms with van der Waals surface area (Å²) < 4.78 is 0. The Morgan fingerprint density at radius 3 is 2.86 bits per heavy atom. The van der Waals surface area contributed by atoms with Crippen LogP contribution in [0.2, 0.25) is 5.02 Å². The zero-order valence-corrected chi connectivity index (χ0v) is 13.3. The van der Waals surface area contributed by atoms with E-state index in [-0.39, 0.29) is 12.5 Å². The molecule has 2 rings (SSSR count). The Labute approximate surface area is 131 Å². The molecule has 21 heavy (non-hydrogen) atoms. The molecule has 0 aliphatic heterocycles. The van der Waals surface area contributed by atoms with Crippen molar-refractivity contribution in [2.45, 2.75) is 45.2 Å². The van der Waals surface area contributed by atoms with E-state index < -0.39 is 0 Å². The smallest absolute Gasteiger partial charge is 0.236 e. The first-order chi connectivity index (χ1) is 10.1. The molecule has 1 aliphatic rings. The van der Waals surface area contributed by atoms with Gasteiger partial charge >= 0.3 is 0 Å². The first kappa shape index (κ1) is 16.1. The van der Waals surface area contributed by atoms with Gasteiger partial charge in [-0.25, -0.2) is 0 Å². The van der Waals surface area contributed by atoms with Crippen LogP contribution in [0.5, 0.6) is 0 Å². The Hall–Kier alpha value is -1.26. The fourth-order valence-electron chi connectivity index (χ4n) is 2.37. The molecule has 1 amide bonds. The number of carbonyl (C=O) groups is 1. The van der Waals surface area contributed by atoms with E-state index in [1.807, 2.05) is 18.2 Å². The van der Waals surface area contributed by atoms with Crippen LogP contribution in [0.3, 0.4) is 0 Å². The van der Waals surface area contributed by atoms with Gasteiger partial charge in [0.25, 0.3) is 0 Å². The summed E-state index contributed by atoms with van der Waals surface area (Å²) in [5.41, 5.74) is 7.58. The van der Waals surface area contributed by atoms with Crippen LogP contribution >= 0.6 is 11.6 Å². The van der Waals surface area contributed by atoms with Crippen molar-refractivity contribution in [3.63, 3.8) is 0 Å². The molecular formula is C16H24ClN3O. The molecule has 0 spiro atoms. The Balaban J connectivity index is 2.16. The highest BCUT2D eigenvalue weighted by molar-refractivity contribution is 6.30. The molecule has 1 aromatic rings. The third-order valence-electron chi connectivity index (χ3n) is 3.67. The molecule has 1 aliphatic carbocycles. The number of primary amides is 1. The second-order valence-electron chi connectivity index (χ2n) is 5.67. The topological polar surface area (TPSA) is 58.4 Å². The highest BCUT2D eigenvalue weighted by Gasteiger charge is 2.21. The first-order valence-corrected chi connectivity index (χ1v) is 8.03. The molecule has 0 unspecified atom stereocenters. The number of nitrogens with one attached hydrogen (secondary N) is 1. The van der Waals surface area contributed by atoms with Crippen molar-refractivity contribution >= 4 is 23.2 Å². The van der Waals surface area contributed by atoms with E-state index in [1.165, 1.54) is 12.8 Å². The maximum absolute atomic E-state index is 11.3. The fourth-order valence-corrected chi connectivity index (χ4v) is 2.56. The Morgan fingerprint density at radius 2 is 2.24 bits per heavy atom. The minimum absolute atomic E-state index is 0.248. The van der Waals surface area contributed by atoms with E-state index in [2.05, 4.69) is 17.1 Å². The molecule has 0 atom stereocenters. The maximum Gasteiger partial charge on any atom is 0.236 e. The average molecular weight is 310 g/mol. The molecule has 0 aromatic heterocycles. The van der Waals surface area contributed by atoms with Gasteiger partial charge in [0, 0.05) is 29.8 Å². The van der Waals surface area contributed by atoms with Gasteiger partial charge in [-0.2, -0.15) is 0 Å². The van der Waals surface area contributed by atoms with Crippen LogP contribution in [-0.4, -0.2) is 25.0 Å². The molecular weight excluding hydrogens is 286 g/mol. The molecule has 1 saturated carbocycles. The van der Waals surface area contributed by atoms with Crippen LogP contribution in [0.25, 0.3) is 0 Å². The largest absolute Gasteiger partial charge is 0.368 e. The number of nitrogens with two attached hydrogens (primary N) is 1. The van der Waals surface area contributed by atoms with Crippen LogP contribution in [-0.2, 0) is 11.3 Å². The molecule has 5 heteroatoms. The number of hydrogen-bond acceptors (Lipinski definition) is 3. The number of unbranched alkanes of at least 4 members (excludes halogenated alkanes) is 1. The lowest BCUT2D eigenvalue weighted by Gasteiger charge is -2.26. The molecule has 0 saturated heterocycles. The van der Waals surface area contributed by atoms with Crippen molar-refractivity contribution < 1.29 is 4.79 Å². The van der Waals surface area contributed by atoms with Gasteiger partial charge in [-0.1, -0.05) is 24.9 Å². The van der Waals surface area contributed by atoms with E-state index in [9.17, 15) is 4.79 Å². The molecule has 0 heterocycles. The standard InChI is InChI=1S/C16H24ClN3O/c1-2-3-8-20(11-16(18)21)15-7-4-13(17)9-12(15)10-19-14-5-6-14/h4,7,9,14,19H,2-3,5-6,8,10-11H2,1H3,(H2,18,21). The Kier molecular flexibility index (Phi) is 5.88. The number of halogens is 1. The van der Waals surface area contributed by atoms with Gasteiger partial charge < -0.3 is 16.0 Å². The third-order valence-corrected chi connectivity index (χ3v) is 3.90. The van der Waals surface area contributed by atoms with Crippen LogP contribution in [0, 0.1) is 0 Å². The van der Waals surface area contributed by atoms with Crippen molar-refractivity contribution in [3.8, 4) is 0 Å². The lowest BCUT2D eigenvalue weighted by atomic mass is 10.1.